The minimum atomic E-state index is -4.57. The standard InChI is InChI=1S/C27H21F3N4O3/c1-34-21(16-37-15-20-10-9-19(13-32-20)26(35)36-2)14-33-25(34)17-7-8-18(12-31)23(11-17)22-5-3-4-6-24(22)27(28,29)30/h3-11,13-14H,15-16H2,1-2H3. The van der Waals surface area contributed by atoms with E-state index in [9.17, 15) is 23.2 Å². The van der Waals surface area contributed by atoms with Gasteiger partial charge in [0.15, 0.2) is 0 Å². The average Bonchev–Trinajstić information content (AvgIpc) is 3.27. The zero-order valence-corrected chi connectivity index (χ0v) is 19.9. The summed E-state index contributed by atoms with van der Waals surface area (Å²) < 4.78 is 53.1. The van der Waals surface area contributed by atoms with Gasteiger partial charge in [-0.1, -0.05) is 18.2 Å². The Bertz CT molecular complexity index is 1470. The molecule has 0 unspecified atom stereocenters. The summed E-state index contributed by atoms with van der Waals surface area (Å²) in [5.41, 5.74) is 1.65. The summed E-state index contributed by atoms with van der Waals surface area (Å²) in [7, 11) is 3.06. The predicted octanol–water partition coefficient (Wildman–Crippen LogP) is 5.54. The number of aromatic nitrogens is 3. The number of hydrogen-bond donors (Lipinski definition) is 0. The van der Waals surface area contributed by atoms with Crippen LogP contribution in [0.15, 0.2) is 67.0 Å². The third-order valence-corrected chi connectivity index (χ3v) is 5.75. The number of methoxy groups -OCH3 is 1. The number of benzene rings is 2. The SMILES string of the molecule is COC(=O)c1ccc(COCc2cnc(-c3ccc(C#N)c(-c4ccccc4C(F)(F)F)c3)n2C)nc1. The molecule has 0 saturated heterocycles. The van der Waals surface area contributed by atoms with Crippen molar-refractivity contribution in [3.05, 3.63) is 95.1 Å². The monoisotopic (exact) mass is 506 g/mol. The number of ether oxygens (including phenoxy) is 2. The van der Waals surface area contributed by atoms with Gasteiger partial charge in [-0.3, -0.25) is 4.98 Å². The number of nitrogens with zero attached hydrogens (tertiary/aromatic N) is 4. The first-order chi connectivity index (χ1) is 17.7. The van der Waals surface area contributed by atoms with Crippen molar-refractivity contribution in [2.75, 3.05) is 7.11 Å². The lowest BCUT2D eigenvalue weighted by atomic mass is 9.93. The number of pyridine rings is 1. The molecule has 2 aromatic carbocycles. The van der Waals surface area contributed by atoms with E-state index in [1.807, 2.05) is 6.07 Å². The van der Waals surface area contributed by atoms with Crippen molar-refractivity contribution in [3.8, 4) is 28.6 Å². The Hall–Kier alpha value is -4.49. The van der Waals surface area contributed by atoms with Gasteiger partial charge in [-0.15, -0.1) is 0 Å². The van der Waals surface area contributed by atoms with Gasteiger partial charge in [0.05, 0.1) is 60.7 Å². The molecule has 2 heterocycles. The van der Waals surface area contributed by atoms with Crippen molar-refractivity contribution < 1.29 is 27.4 Å². The molecule has 0 amide bonds. The molecule has 37 heavy (non-hydrogen) atoms. The Balaban J connectivity index is 1.55. The van der Waals surface area contributed by atoms with Gasteiger partial charge in [0.25, 0.3) is 0 Å². The van der Waals surface area contributed by atoms with Crippen LogP contribution in [-0.4, -0.2) is 27.6 Å². The number of carbonyl (C=O) groups is 1. The van der Waals surface area contributed by atoms with Gasteiger partial charge in [-0.2, -0.15) is 18.4 Å². The Kier molecular flexibility index (Phi) is 7.36. The van der Waals surface area contributed by atoms with Gasteiger partial charge < -0.3 is 14.0 Å². The maximum Gasteiger partial charge on any atom is 0.417 e. The molecule has 0 bridgehead atoms. The average molecular weight is 506 g/mol. The molecule has 0 saturated carbocycles. The van der Waals surface area contributed by atoms with Crippen molar-refractivity contribution in [1.29, 1.82) is 5.26 Å². The van der Waals surface area contributed by atoms with Crippen LogP contribution >= 0.6 is 0 Å². The number of alkyl halides is 3. The fourth-order valence-electron chi connectivity index (χ4n) is 3.82. The Morgan fingerprint density at radius 1 is 1.03 bits per heavy atom. The maximum absolute atomic E-state index is 13.6. The highest BCUT2D eigenvalue weighted by Gasteiger charge is 2.34. The van der Waals surface area contributed by atoms with Crippen molar-refractivity contribution in [3.63, 3.8) is 0 Å². The topological polar surface area (TPSA) is 90.0 Å². The van der Waals surface area contributed by atoms with E-state index < -0.39 is 17.7 Å². The molecular formula is C27H21F3N4O3. The summed E-state index contributed by atoms with van der Waals surface area (Å²) in [6.07, 6.45) is -1.54. The van der Waals surface area contributed by atoms with Crippen molar-refractivity contribution in [2.45, 2.75) is 19.4 Å². The number of imidazole rings is 1. The lowest BCUT2D eigenvalue weighted by Gasteiger charge is -2.15. The number of halogens is 3. The van der Waals surface area contributed by atoms with Crippen LogP contribution < -0.4 is 0 Å². The molecule has 10 heteroatoms. The number of nitriles is 1. The van der Waals surface area contributed by atoms with Crippen LogP contribution in [0.4, 0.5) is 13.2 Å². The van der Waals surface area contributed by atoms with Crippen molar-refractivity contribution in [2.24, 2.45) is 7.05 Å². The Labute approximate surface area is 210 Å². The molecular weight excluding hydrogens is 485 g/mol. The summed E-state index contributed by atoms with van der Waals surface area (Å²) >= 11 is 0. The molecule has 0 atom stereocenters. The minimum Gasteiger partial charge on any atom is -0.465 e. The van der Waals surface area contributed by atoms with E-state index in [1.54, 1.807) is 42.1 Å². The quantitative estimate of drug-likeness (QED) is 0.306. The zero-order valence-electron chi connectivity index (χ0n) is 19.9. The van der Waals surface area contributed by atoms with E-state index in [4.69, 9.17) is 4.74 Å². The van der Waals surface area contributed by atoms with E-state index in [2.05, 4.69) is 14.7 Å². The van der Waals surface area contributed by atoms with Crippen LogP contribution in [0.2, 0.25) is 0 Å². The molecule has 7 nitrogen and oxygen atoms in total. The molecule has 0 aliphatic heterocycles. The molecule has 0 fully saturated rings. The van der Waals surface area contributed by atoms with Crippen LogP contribution in [0.25, 0.3) is 22.5 Å². The second-order valence-corrected chi connectivity index (χ2v) is 8.07. The highest BCUT2D eigenvalue weighted by molar-refractivity contribution is 5.88. The molecule has 0 spiro atoms. The molecule has 0 N–H and O–H groups in total. The van der Waals surface area contributed by atoms with Gasteiger partial charge in [-0.25, -0.2) is 9.78 Å². The van der Waals surface area contributed by atoms with Gasteiger partial charge in [0.1, 0.15) is 5.82 Å². The third kappa shape index (κ3) is 5.52. The molecule has 2 aromatic heterocycles. The van der Waals surface area contributed by atoms with Crippen LogP contribution in [0.3, 0.4) is 0 Å². The first-order valence-corrected chi connectivity index (χ1v) is 11.1. The smallest absolute Gasteiger partial charge is 0.417 e. The van der Waals surface area contributed by atoms with Crippen LogP contribution in [0.1, 0.15) is 32.9 Å². The van der Waals surface area contributed by atoms with Gasteiger partial charge in [-0.05, 0) is 42.0 Å². The summed E-state index contributed by atoms with van der Waals surface area (Å²) in [5.74, 6) is 0.0321. The summed E-state index contributed by atoms with van der Waals surface area (Å²) in [6.45, 7) is 0.390. The second-order valence-electron chi connectivity index (χ2n) is 8.07. The highest BCUT2D eigenvalue weighted by atomic mass is 19.4. The first-order valence-electron chi connectivity index (χ1n) is 11.1. The van der Waals surface area contributed by atoms with E-state index in [0.29, 0.717) is 22.6 Å². The lowest BCUT2D eigenvalue weighted by Crippen LogP contribution is -2.07. The van der Waals surface area contributed by atoms with Crippen molar-refractivity contribution >= 4 is 5.97 Å². The maximum atomic E-state index is 13.6. The van der Waals surface area contributed by atoms with E-state index in [1.165, 1.54) is 37.6 Å². The van der Waals surface area contributed by atoms with Gasteiger partial charge >= 0.3 is 12.1 Å². The normalized spacial score (nSPS) is 11.2. The molecule has 0 aliphatic carbocycles. The molecule has 4 rings (SSSR count). The van der Waals surface area contributed by atoms with E-state index in [0.717, 1.165) is 11.8 Å². The summed E-state index contributed by atoms with van der Waals surface area (Å²) in [4.78, 5) is 20.1. The predicted molar refractivity (Wildman–Crippen MR) is 128 cm³/mol. The number of rotatable bonds is 7. The lowest BCUT2D eigenvalue weighted by molar-refractivity contribution is -0.137. The van der Waals surface area contributed by atoms with Crippen LogP contribution in [0.5, 0.6) is 0 Å². The zero-order chi connectivity index (χ0) is 26.6. The van der Waals surface area contributed by atoms with Crippen molar-refractivity contribution in [1.82, 2.24) is 14.5 Å². The van der Waals surface area contributed by atoms with Crippen LogP contribution in [0, 0.1) is 11.3 Å². The second kappa shape index (κ2) is 10.6. The fraction of sp³-hybridized carbons (Fsp3) is 0.185. The minimum absolute atomic E-state index is 0.0723. The molecule has 0 radical (unpaired) electrons. The summed E-state index contributed by atoms with van der Waals surface area (Å²) in [6, 6.07) is 15.1. The number of hydrogen-bond acceptors (Lipinski definition) is 6. The largest absolute Gasteiger partial charge is 0.465 e. The Morgan fingerprint density at radius 2 is 1.81 bits per heavy atom. The fourth-order valence-corrected chi connectivity index (χ4v) is 3.82. The molecule has 188 valence electrons. The Morgan fingerprint density at radius 3 is 2.49 bits per heavy atom. The van der Waals surface area contributed by atoms with E-state index >= 15 is 0 Å². The number of carbonyl (C=O) groups excluding carboxylic acids is 1. The van der Waals surface area contributed by atoms with Crippen LogP contribution in [-0.2, 0) is 35.9 Å². The third-order valence-electron chi connectivity index (χ3n) is 5.75. The van der Waals surface area contributed by atoms with E-state index in [-0.39, 0.29) is 29.9 Å². The highest BCUT2D eigenvalue weighted by Crippen LogP contribution is 2.39. The number of esters is 1. The van der Waals surface area contributed by atoms with Gasteiger partial charge in [0.2, 0.25) is 0 Å². The molecule has 4 aromatic rings. The summed E-state index contributed by atoms with van der Waals surface area (Å²) in [5, 5.41) is 9.54. The first kappa shape index (κ1) is 25.6. The van der Waals surface area contributed by atoms with Gasteiger partial charge in [0, 0.05) is 24.4 Å². The molecule has 0 aliphatic rings.